The van der Waals surface area contributed by atoms with E-state index in [0.717, 1.165) is 31.5 Å². The van der Waals surface area contributed by atoms with Gasteiger partial charge in [0, 0.05) is 6.20 Å². The third-order valence-corrected chi connectivity index (χ3v) is 3.81. The summed E-state index contributed by atoms with van der Waals surface area (Å²) in [5, 5.41) is 3.63. The monoisotopic (exact) mass is 282 g/mol. The molecule has 1 aromatic carbocycles. The molecule has 21 heavy (non-hydrogen) atoms. The Morgan fingerprint density at radius 3 is 2.38 bits per heavy atom. The van der Waals surface area contributed by atoms with Gasteiger partial charge >= 0.3 is 0 Å². The summed E-state index contributed by atoms with van der Waals surface area (Å²) in [7, 11) is 0. The van der Waals surface area contributed by atoms with E-state index in [1.807, 2.05) is 6.20 Å². The van der Waals surface area contributed by atoms with Crippen molar-refractivity contribution in [1.29, 1.82) is 0 Å². The van der Waals surface area contributed by atoms with E-state index in [4.69, 9.17) is 0 Å². The lowest BCUT2D eigenvalue weighted by atomic mass is 10.00. The van der Waals surface area contributed by atoms with Crippen LogP contribution in [0.3, 0.4) is 0 Å². The molecule has 2 rings (SSSR count). The lowest BCUT2D eigenvalue weighted by Crippen LogP contribution is -2.25. The fourth-order valence-electron chi connectivity index (χ4n) is 2.50. The molecular formula is C19H26N2. The molecule has 0 amide bonds. The first kappa shape index (κ1) is 15.7. The van der Waals surface area contributed by atoms with Gasteiger partial charge in [-0.15, -0.1) is 0 Å². The summed E-state index contributed by atoms with van der Waals surface area (Å²) in [6, 6.07) is 13.5. The Labute approximate surface area is 128 Å². The summed E-state index contributed by atoms with van der Waals surface area (Å²) < 4.78 is 0. The molecule has 0 bridgehead atoms. The maximum atomic E-state index is 4.56. The van der Waals surface area contributed by atoms with Crippen molar-refractivity contribution in [2.45, 2.75) is 46.1 Å². The lowest BCUT2D eigenvalue weighted by Gasteiger charge is -2.19. The van der Waals surface area contributed by atoms with Gasteiger partial charge in [-0.1, -0.05) is 38.1 Å². The molecule has 0 aliphatic rings. The average Bonchev–Trinajstić information content (AvgIpc) is 2.52. The van der Waals surface area contributed by atoms with Crippen molar-refractivity contribution in [3.05, 3.63) is 65.0 Å². The maximum Gasteiger partial charge on any atom is 0.0579 e. The SMILES string of the molecule is CCCNC(Cc1ccc(CC)cc1)c1cc(C)ccn1. The van der Waals surface area contributed by atoms with Gasteiger partial charge in [-0.05, 0) is 61.6 Å². The first-order valence-electron chi connectivity index (χ1n) is 7.96. The van der Waals surface area contributed by atoms with Crippen molar-refractivity contribution in [2.24, 2.45) is 0 Å². The highest BCUT2D eigenvalue weighted by atomic mass is 14.9. The molecule has 0 fully saturated rings. The van der Waals surface area contributed by atoms with Gasteiger partial charge in [-0.3, -0.25) is 4.98 Å². The fourth-order valence-corrected chi connectivity index (χ4v) is 2.50. The summed E-state index contributed by atoms with van der Waals surface area (Å²) in [5.41, 5.74) is 5.17. The van der Waals surface area contributed by atoms with E-state index < -0.39 is 0 Å². The maximum absolute atomic E-state index is 4.56. The molecule has 0 radical (unpaired) electrons. The second-order valence-electron chi connectivity index (χ2n) is 5.64. The number of nitrogens with one attached hydrogen (secondary N) is 1. The molecule has 0 saturated carbocycles. The van der Waals surface area contributed by atoms with E-state index in [1.54, 1.807) is 0 Å². The van der Waals surface area contributed by atoms with Crippen LogP contribution in [0.4, 0.5) is 0 Å². The molecule has 0 spiro atoms. The summed E-state index contributed by atoms with van der Waals surface area (Å²) in [5.74, 6) is 0. The summed E-state index contributed by atoms with van der Waals surface area (Å²) in [4.78, 5) is 4.56. The number of hydrogen-bond acceptors (Lipinski definition) is 2. The van der Waals surface area contributed by atoms with Gasteiger partial charge in [0.2, 0.25) is 0 Å². The highest BCUT2D eigenvalue weighted by molar-refractivity contribution is 5.25. The summed E-state index contributed by atoms with van der Waals surface area (Å²) in [6.45, 7) is 7.53. The highest BCUT2D eigenvalue weighted by Crippen LogP contribution is 2.18. The molecule has 0 aliphatic carbocycles. The van der Waals surface area contributed by atoms with Gasteiger partial charge in [-0.2, -0.15) is 0 Å². The minimum atomic E-state index is 0.289. The molecule has 1 unspecified atom stereocenters. The second-order valence-corrected chi connectivity index (χ2v) is 5.64. The second kappa shape index (κ2) is 7.94. The molecule has 1 N–H and O–H groups in total. The Kier molecular flexibility index (Phi) is 5.94. The molecular weight excluding hydrogens is 256 g/mol. The van der Waals surface area contributed by atoms with E-state index in [2.05, 4.69) is 67.5 Å². The van der Waals surface area contributed by atoms with Gasteiger partial charge in [0.05, 0.1) is 11.7 Å². The van der Waals surface area contributed by atoms with Crippen LogP contribution in [0.15, 0.2) is 42.6 Å². The molecule has 2 heteroatoms. The summed E-state index contributed by atoms with van der Waals surface area (Å²) in [6.07, 6.45) is 5.13. The Balaban J connectivity index is 2.15. The van der Waals surface area contributed by atoms with Gasteiger partial charge in [0.25, 0.3) is 0 Å². The van der Waals surface area contributed by atoms with Crippen LogP contribution in [0.5, 0.6) is 0 Å². The number of aryl methyl sites for hydroxylation is 2. The zero-order valence-electron chi connectivity index (χ0n) is 13.4. The van der Waals surface area contributed by atoms with Gasteiger partial charge in [-0.25, -0.2) is 0 Å². The van der Waals surface area contributed by atoms with Crippen LogP contribution in [0, 0.1) is 6.92 Å². The largest absolute Gasteiger partial charge is 0.308 e. The molecule has 0 aliphatic heterocycles. The standard InChI is InChI=1S/C19H26N2/c1-4-11-20-19(18-13-15(3)10-12-21-18)14-17-8-6-16(5-2)7-9-17/h6-10,12-13,19-20H,4-5,11,14H2,1-3H3. The topological polar surface area (TPSA) is 24.9 Å². The predicted octanol–water partition coefficient (Wildman–Crippen LogP) is 4.24. The predicted molar refractivity (Wildman–Crippen MR) is 89.5 cm³/mol. The van der Waals surface area contributed by atoms with Crippen LogP contribution >= 0.6 is 0 Å². The minimum Gasteiger partial charge on any atom is -0.308 e. The van der Waals surface area contributed by atoms with Gasteiger partial charge in [0.1, 0.15) is 0 Å². The smallest absolute Gasteiger partial charge is 0.0579 e. The first-order chi connectivity index (χ1) is 10.2. The Morgan fingerprint density at radius 2 is 1.76 bits per heavy atom. The molecule has 2 aromatic rings. The first-order valence-corrected chi connectivity index (χ1v) is 7.96. The minimum absolute atomic E-state index is 0.289. The van der Waals surface area contributed by atoms with E-state index in [1.165, 1.54) is 16.7 Å². The average molecular weight is 282 g/mol. The Hall–Kier alpha value is -1.67. The van der Waals surface area contributed by atoms with E-state index in [-0.39, 0.29) is 6.04 Å². The van der Waals surface area contributed by atoms with Crippen molar-refractivity contribution >= 4 is 0 Å². The van der Waals surface area contributed by atoms with E-state index >= 15 is 0 Å². The summed E-state index contributed by atoms with van der Waals surface area (Å²) >= 11 is 0. The molecule has 1 heterocycles. The van der Waals surface area contributed by atoms with Crippen LogP contribution in [0.2, 0.25) is 0 Å². The normalized spacial score (nSPS) is 12.3. The molecule has 1 atom stereocenters. The quantitative estimate of drug-likeness (QED) is 0.821. The molecule has 1 aromatic heterocycles. The molecule has 0 saturated heterocycles. The highest BCUT2D eigenvalue weighted by Gasteiger charge is 2.13. The van der Waals surface area contributed by atoms with Crippen molar-refractivity contribution in [3.8, 4) is 0 Å². The lowest BCUT2D eigenvalue weighted by molar-refractivity contribution is 0.517. The Bertz CT molecular complexity index is 546. The zero-order chi connectivity index (χ0) is 15.1. The zero-order valence-corrected chi connectivity index (χ0v) is 13.4. The van der Waals surface area contributed by atoms with Crippen LogP contribution in [0.1, 0.15) is 48.7 Å². The van der Waals surface area contributed by atoms with E-state index in [9.17, 15) is 0 Å². The van der Waals surface area contributed by atoms with E-state index in [0.29, 0.717) is 0 Å². The van der Waals surface area contributed by atoms with Crippen LogP contribution in [-0.2, 0) is 12.8 Å². The van der Waals surface area contributed by atoms with Crippen molar-refractivity contribution in [3.63, 3.8) is 0 Å². The molecule has 2 nitrogen and oxygen atoms in total. The van der Waals surface area contributed by atoms with Crippen LogP contribution in [0.25, 0.3) is 0 Å². The molecule has 112 valence electrons. The number of nitrogens with zero attached hydrogens (tertiary/aromatic N) is 1. The third-order valence-electron chi connectivity index (χ3n) is 3.81. The van der Waals surface area contributed by atoms with Crippen molar-refractivity contribution in [2.75, 3.05) is 6.54 Å². The number of pyridine rings is 1. The number of hydrogen-bond donors (Lipinski definition) is 1. The van der Waals surface area contributed by atoms with Crippen molar-refractivity contribution in [1.82, 2.24) is 10.3 Å². The number of aromatic nitrogens is 1. The fraction of sp³-hybridized carbons (Fsp3) is 0.421. The number of rotatable bonds is 7. The number of benzene rings is 1. The Morgan fingerprint density at radius 1 is 1.05 bits per heavy atom. The van der Waals surface area contributed by atoms with Crippen LogP contribution < -0.4 is 5.32 Å². The third kappa shape index (κ3) is 4.68. The van der Waals surface area contributed by atoms with Gasteiger partial charge < -0.3 is 5.32 Å². The van der Waals surface area contributed by atoms with Crippen molar-refractivity contribution < 1.29 is 0 Å². The van der Waals surface area contributed by atoms with Crippen LogP contribution in [-0.4, -0.2) is 11.5 Å². The van der Waals surface area contributed by atoms with Gasteiger partial charge in [0.15, 0.2) is 0 Å².